The van der Waals surface area contributed by atoms with Crippen LogP contribution in [0.25, 0.3) is 0 Å². The van der Waals surface area contributed by atoms with Crippen molar-refractivity contribution in [3.63, 3.8) is 0 Å². The van der Waals surface area contributed by atoms with E-state index in [1.54, 1.807) is 18.2 Å². The third-order valence-electron chi connectivity index (χ3n) is 2.03. The molecule has 1 aromatic rings. The van der Waals surface area contributed by atoms with Crippen molar-refractivity contribution in [3.05, 3.63) is 28.8 Å². The van der Waals surface area contributed by atoms with Crippen molar-refractivity contribution in [2.24, 2.45) is 0 Å². The van der Waals surface area contributed by atoms with Gasteiger partial charge in [0.05, 0.1) is 13.7 Å². The highest BCUT2D eigenvalue weighted by molar-refractivity contribution is 7.52. The molecule has 1 rings (SSSR count). The fourth-order valence-electron chi connectivity index (χ4n) is 1.19. The highest BCUT2D eigenvalue weighted by atomic mass is 35.5. The van der Waals surface area contributed by atoms with Crippen LogP contribution in [0.4, 0.5) is 0 Å². The molecule has 0 aliphatic heterocycles. The lowest BCUT2D eigenvalue weighted by Crippen LogP contribution is -1.95. The van der Waals surface area contributed by atoms with Crippen molar-refractivity contribution in [1.82, 2.24) is 0 Å². The predicted octanol–water partition coefficient (Wildman–Crippen LogP) is 3.97. The quantitative estimate of drug-likeness (QED) is 0.579. The minimum absolute atomic E-state index is 0.466. The Hall–Kier alpha value is -0.590. The molecule has 0 bridgehead atoms. The molecule has 0 unspecified atom stereocenters. The zero-order valence-electron chi connectivity index (χ0n) is 8.87. The number of benzene rings is 1. The van der Waals surface area contributed by atoms with Gasteiger partial charge in [-0.1, -0.05) is 25.4 Å². The van der Waals surface area contributed by atoms with Crippen LogP contribution in [-0.4, -0.2) is 18.6 Å². The maximum absolute atomic E-state index is 10.8. The van der Waals surface area contributed by atoms with Gasteiger partial charge in [0.15, 0.2) is 6.29 Å². The van der Waals surface area contributed by atoms with E-state index in [9.17, 15) is 4.79 Å². The molecule has 0 heterocycles. The van der Waals surface area contributed by atoms with Crippen molar-refractivity contribution in [2.45, 2.75) is 13.8 Å². The molecule has 0 spiro atoms. The second kappa shape index (κ2) is 6.09. The summed E-state index contributed by atoms with van der Waals surface area (Å²) in [6.45, 7) is 4.18. The van der Waals surface area contributed by atoms with Gasteiger partial charge in [-0.25, -0.2) is 0 Å². The molecule has 15 heavy (non-hydrogen) atoms. The average Bonchev–Trinajstić information content (AvgIpc) is 2.27. The van der Waals surface area contributed by atoms with E-state index in [-0.39, 0.29) is 0 Å². The molecule has 0 radical (unpaired) electrons. The van der Waals surface area contributed by atoms with Crippen molar-refractivity contribution >= 4 is 26.0 Å². The Morgan fingerprint density at radius 3 is 2.60 bits per heavy atom. The van der Waals surface area contributed by atoms with Crippen LogP contribution < -0.4 is 4.52 Å². The Balaban J connectivity index is 2.88. The van der Waals surface area contributed by atoms with Crippen molar-refractivity contribution in [1.29, 1.82) is 0 Å². The lowest BCUT2D eigenvalue weighted by Gasteiger charge is -2.16. The van der Waals surface area contributed by atoms with Crippen molar-refractivity contribution < 1.29 is 9.32 Å². The molecule has 2 nitrogen and oxygen atoms in total. The summed E-state index contributed by atoms with van der Waals surface area (Å²) in [5, 5.41) is 0.557. The van der Waals surface area contributed by atoms with E-state index in [1.807, 2.05) is 0 Å². The van der Waals surface area contributed by atoms with Crippen LogP contribution >= 0.6 is 19.7 Å². The fourth-order valence-corrected chi connectivity index (χ4v) is 2.52. The van der Waals surface area contributed by atoms with Gasteiger partial charge in [-0.05, 0) is 18.2 Å². The van der Waals surface area contributed by atoms with Crippen LogP contribution in [0.5, 0.6) is 5.75 Å². The van der Waals surface area contributed by atoms with E-state index < -0.39 is 8.15 Å². The number of carbonyl (C=O) groups is 1. The van der Waals surface area contributed by atoms with E-state index in [2.05, 4.69) is 13.8 Å². The molecule has 0 saturated carbocycles. The maximum Gasteiger partial charge on any atom is 0.153 e. The largest absolute Gasteiger partial charge is 0.473 e. The van der Waals surface area contributed by atoms with Crippen LogP contribution in [0.1, 0.15) is 24.2 Å². The summed E-state index contributed by atoms with van der Waals surface area (Å²) in [4.78, 5) is 10.8. The summed E-state index contributed by atoms with van der Waals surface area (Å²) >= 11 is 5.79. The molecule has 0 saturated heterocycles. The molecule has 0 aliphatic rings. The second-order valence-corrected chi connectivity index (χ2v) is 5.85. The lowest BCUT2D eigenvalue weighted by atomic mass is 10.2. The molecule has 1 aromatic carbocycles. The molecule has 4 heteroatoms. The van der Waals surface area contributed by atoms with Crippen molar-refractivity contribution in [3.8, 4) is 5.75 Å². The Kier molecular flexibility index (Phi) is 5.07. The first-order valence-electron chi connectivity index (χ1n) is 4.88. The molecule has 0 N–H and O–H groups in total. The average molecular weight is 245 g/mol. The molecule has 0 aliphatic carbocycles. The van der Waals surface area contributed by atoms with Gasteiger partial charge < -0.3 is 4.52 Å². The minimum Gasteiger partial charge on any atom is -0.473 e. The van der Waals surface area contributed by atoms with Crippen LogP contribution in [0.2, 0.25) is 5.02 Å². The number of hydrogen-bond donors (Lipinski definition) is 0. The summed E-state index contributed by atoms with van der Waals surface area (Å²) in [5.74, 6) is 0.643. The number of rotatable bonds is 5. The summed E-state index contributed by atoms with van der Waals surface area (Å²) < 4.78 is 5.76. The number of halogens is 1. The number of aldehydes is 1. The van der Waals surface area contributed by atoms with E-state index >= 15 is 0 Å². The molecular weight excluding hydrogens is 231 g/mol. The maximum atomic E-state index is 10.8. The van der Waals surface area contributed by atoms with Crippen LogP contribution in [-0.2, 0) is 0 Å². The highest BCUT2D eigenvalue weighted by Gasteiger charge is 2.09. The summed E-state index contributed by atoms with van der Waals surface area (Å²) in [7, 11) is -0.466. The molecular formula is C11H14ClO2P. The van der Waals surface area contributed by atoms with Gasteiger partial charge in [-0.3, -0.25) is 4.79 Å². The van der Waals surface area contributed by atoms with Gasteiger partial charge in [-0.2, -0.15) is 0 Å². The van der Waals surface area contributed by atoms with E-state index in [4.69, 9.17) is 16.1 Å². The molecule has 0 amide bonds. The van der Waals surface area contributed by atoms with E-state index in [0.717, 1.165) is 18.6 Å². The molecule has 0 atom stereocenters. The smallest absolute Gasteiger partial charge is 0.153 e. The third-order valence-corrected chi connectivity index (χ3v) is 4.13. The Labute approximate surface area is 96.4 Å². The van der Waals surface area contributed by atoms with Gasteiger partial charge >= 0.3 is 0 Å². The van der Waals surface area contributed by atoms with Gasteiger partial charge in [0.2, 0.25) is 0 Å². The number of carbonyl (C=O) groups excluding carboxylic acids is 1. The molecule has 0 aromatic heterocycles. The Bertz CT molecular complexity index is 337. The SMILES string of the molecule is CCP(CC)Oc1ccc(Cl)cc1C=O. The summed E-state index contributed by atoms with van der Waals surface area (Å²) in [6, 6.07) is 5.12. The first-order valence-corrected chi connectivity index (χ1v) is 6.89. The minimum atomic E-state index is -0.466. The van der Waals surface area contributed by atoms with Gasteiger partial charge in [0, 0.05) is 17.3 Å². The standard InChI is InChI=1S/C11H14ClO2P/c1-3-15(4-2)14-11-6-5-10(12)7-9(11)8-13/h5-8H,3-4H2,1-2H3. The molecule has 82 valence electrons. The lowest BCUT2D eigenvalue weighted by molar-refractivity contribution is 0.112. The fraction of sp³-hybridized carbons (Fsp3) is 0.364. The zero-order valence-corrected chi connectivity index (χ0v) is 10.5. The van der Waals surface area contributed by atoms with Gasteiger partial charge in [0.25, 0.3) is 0 Å². The van der Waals surface area contributed by atoms with Crippen LogP contribution in [0.15, 0.2) is 18.2 Å². The summed E-state index contributed by atoms with van der Waals surface area (Å²) in [6.07, 6.45) is 2.76. The van der Waals surface area contributed by atoms with Gasteiger partial charge in [-0.15, -0.1) is 0 Å². The Morgan fingerprint density at radius 1 is 1.40 bits per heavy atom. The first kappa shape index (κ1) is 12.5. The monoisotopic (exact) mass is 244 g/mol. The predicted molar refractivity (Wildman–Crippen MR) is 65.5 cm³/mol. The highest BCUT2D eigenvalue weighted by Crippen LogP contribution is 2.38. The zero-order chi connectivity index (χ0) is 11.3. The topological polar surface area (TPSA) is 26.3 Å². The normalized spacial score (nSPS) is 10.4. The van der Waals surface area contributed by atoms with Crippen molar-refractivity contribution in [2.75, 3.05) is 12.3 Å². The van der Waals surface area contributed by atoms with E-state index in [1.165, 1.54) is 0 Å². The first-order chi connectivity index (χ1) is 7.21. The second-order valence-electron chi connectivity index (χ2n) is 3.01. The summed E-state index contributed by atoms with van der Waals surface area (Å²) in [5.41, 5.74) is 0.525. The third kappa shape index (κ3) is 3.48. The van der Waals surface area contributed by atoms with Crippen LogP contribution in [0.3, 0.4) is 0 Å². The van der Waals surface area contributed by atoms with Crippen LogP contribution in [0, 0.1) is 0 Å². The van der Waals surface area contributed by atoms with E-state index in [0.29, 0.717) is 16.3 Å². The number of hydrogen-bond acceptors (Lipinski definition) is 2. The Morgan fingerprint density at radius 2 is 2.07 bits per heavy atom. The van der Waals surface area contributed by atoms with Gasteiger partial charge in [0.1, 0.15) is 5.75 Å². The molecule has 0 fully saturated rings.